The van der Waals surface area contributed by atoms with E-state index in [2.05, 4.69) is 32.7 Å². The Balaban J connectivity index is 0.00000420. The molecule has 0 unspecified atom stereocenters. The summed E-state index contributed by atoms with van der Waals surface area (Å²) in [6, 6.07) is 14.0. The van der Waals surface area contributed by atoms with Gasteiger partial charge in [-0.1, -0.05) is 35.9 Å². The van der Waals surface area contributed by atoms with Crippen LogP contribution in [0.3, 0.4) is 0 Å². The lowest BCUT2D eigenvalue weighted by atomic mass is 10.2. The number of rotatable bonds is 9. The molecule has 1 amide bonds. The number of carbonyl (C=O) groups is 1. The lowest BCUT2D eigenvalue weighted by Gasteiger charge is -2.14. The molecule has 2 N–H and O–H groups in total. The first-order valence-corrected chi connectivity index (χ1v) is 10.4. The van der Waals surface area contributed by atoms with Crippen LogP contribution in [-0.4, -0.2) is 61.2 Å². The second-order valence-corrected chi connectivity index (χ2v) is 7.76. The van der Waals surface area contributed by atoms with Crippen molar-refractivity contribution in [1.29, 1.82) is 0 Å². The molecule has 0 radical (unpaired) electrons. The van der Waals surface area contributed by atoms with Gasteiger partial charge in [0.05, 0.1) is 0 Å². The van der Waals surface area contributed by atoms with Gasteiger partial charge in [0.25, 0.3) is 0 Å². The van der Waals surface area contributed by atoms with E-state index < -0.39 is 0 Å². The van der Waals surface area contributed by atoms with Crippen molar-refractivity contribution in [2.75, 3.05) is 39.5 Å². The van der Waals surface area contributed by atoms with Gasteiger partial charge < -0.3 is 15.5 Å². The number of amides is 1. The number of thioether (sulfide) groups is 1. The van der Waals surface area contributed by atoms with Crippen molar-refractivity contribution in [2.45, 2.75) is 11.3 Å². The fourth-order valence-electron chi connectivity index (χ4n) is 2.20. The van der Waals surface area contributed by atoms with Crippen molar-refractivity contribution in [3.05, 3.63) is 59.4 Å². The van der Waals surface area contributed by atoms with Gasteiger partial charge in [-0.2, -0.15) is 0 Å². The molecule has 0 fully saturated rings. The molecule has 0 saturated heterocycles. The molecule has 0 aliphatic rings. The molecule has 0 saturated carbocycles. The van der Waals surface area contributed by atoms with Gasteiger partial charge in [-0.3, -0.25) is 4.79 Å². The second-order valence-electron chi connectivity index (χ2n) is 6.21. The number of pyridine rings is 1. The third-order valence-corrected chi connectivity index (χ3v) is 5.01. The Labute approximate surface area is 198 Å². The first-order valence-electron chi connectivity index (χ1n) is 9.05. The minimum Gasteiger partial charge on any atom is -0.356 e. The Kier molecular flexibility index (Phi) is 12.7. The van der Waals surface area contributed by atoms with E-state index in [0.29, 0.717) is 17.7 Å². The SMILES string of the molecule is CN(C)C(=O)CN=C(NCCSc1ccccc1)NCCc1ccc(Cl)nc1.I. The average Bonchev–Trinajstić information content (AvgIpc) is 2.70. The highest BCUT2D eigenvalue weighted by Gasteiger charge is 2.05. The van der Waals surface area contributed by atoms with Crippen LogP contribution in [0.25, 0.3) is 0 Å². The van der Waals surface area contributed by atoms with Crippen molar-refractivity contribution in [2.24, 2.45) is 4.99 Å². The fraction of sp³-hybridized carbons (Fsp3) is 0.350. The molecule has 0 bridgehead atoms. The average molecular weight is 548 g/mol. The lowest BCUT2D eigenvalue weighted by molar-refractivity contribution is -0.127. The van der Waals surface area contributed by atoms with Gasteiger partial charge in [0, 0.05) is 44.0 Å². The maximum atomic E-state index is 11.8. The maximum absolute atomic E-state index is 11.8. The molecular formula is C20H27ClIN5OS. The van der Waals surface area contributed by atoms with Gasteiger partial charge in [-0.25, -0.2) is 9.98 Å². The number of halogens is 2. The predicted octanol–water partition coefficient (Wildman–Crippen LogP) is 3.31. The molecule has 6 nitrogen and oxygen atoms in total. The minimum absolute atomic E-state index is 0. The zero-order valence-corrected chi connectivity index (χ0v) is 20.5. The van der Waals surface area contributed by atoms with E-state index >= 15 is 0 Å². The molecule has 0 atom stereocenters. The summed E-state index contributed by atoms with van der Waals surface area (Å²) in [5.41, 5.74) is 1.08. The Morgan fingerprint density at radius 3 is 2.52 bits per heavy atom. The molecule has 29 heavy (non-hydrogen) atoms. The molecular weight excluding hydrogens is 521 g/mol. The number of carbonyl (C=O) groups excluding carboxylic acids is 1. The Morgan fingerprint density at radius 2 is 1.86 bits per heavy atom. The summed E-state index contributed by atoms with van der Waals surface area (Å²) in [5, 5.41) is 7.05. The summed E-state index contributed by atoms with van der Waals surface area (Å²) in [5.74, 6) is 1.49. The van der Waals surface area contributed by atoms with Crippen LogP contribution in [0.5, 0.6) is 0 Å². The summed E-state index contributed by atoms with van der Waals surface area (Å²) >= 11 is 7.59. The van der Waals surface area contributed by atoms with Crippen LogP contribution in [0, 0.1) is 0 Å². The zero-order chi connectivity index (χ0) is 20.2. The molecule has 1 heterocycles. The third kappa shape index (κ3) is 10.7. The number of hydrogen-bond donors (Lipinski definition) is 2. The number of benzene rings is 1. The largest absolute Gasteiger partial charge is 0.356 e. The molecule has 0 aliphatic carbocycles. The highest BCUT2D eigenvalue weighted by Crippen LogP contribution is 2.15. The number of nitrogens with zero attached hydrogens (tertiary/aromatic N) is 3. The van der Waals surface area contributed by atoms with Gasteiger partial charge in [0.15, 0.2) is 5.96 Å². The minimum atomic E-state index is -0.0401. The standard InChI is InChI=1S/C20H26ClN5OS.HI/c1-26(2)19(27)15-25-20(22-11-10-16-8-9-18(21)24-14-16)23-12-13-28-17-6-4-3-5-7-17;/h3-9,14H,10-13,15H2,1-2H3,(H2,22,23,25);1H. The molecule has 158 valence electrons. The first kappa shape index (κ1) is 25.5. The van der Waals surface area contributed by atoms with Crippen molar-refractivity contribution in [1.82, 2.24) is 20.5 Å². The van der Waals surface area contributed by atoms with Gasteiger partial charge in [0.2, 0.25) is 5.91 Å². The fourth-order valence-corrected chi connectivity index (χ4v) is 3.10. The lowest BCUT2D eigenvalue weighted by Crippen LogP contribution is -2.40. The summed E-state index contributed by atoms with van der Waals surface area (Å²) in [6.07, 6.45) is 2.55. The maximum Gasteiger partial charge on any atom is 0.243 e. The highest BCUT2D eigenvalue weighted by molar-refractivity contribution is 14.0. The number of guanidine groups is 1. The predicted molar refractivity (Wildman–Crippen MR) is 133 cm³/mol. The van der Waals surface area contributed by atoms with Crippen LogP contribution in [0.15, 0.2) is 58.5 Å². The van der Waals surface area contributed by atoms with Gasteiger partial charge >= 0.3 is 0 Å². The number of aliphatic imine (C=N–C) groups is 1. The monoisotopic (exact) mass is 547 g/mol. The van der Waals surface area contributed by atoms with E-state index in [1.165, 1.54) is 9.80 Å². The number of likely N-dealkylation sites (N-methyl/N-ethyl adjacent to an activating group) is 1. The number of nitrogens with one attached hydrogen (secondary N) is 2. The summed E-state index contributed by atoms with van der Waals surface area (Å²) < 4.78 is 0. The van der Waals surface area contributed by atoms with Crippen molar-refractivity contribution >= 4 is 59.2 Å². The Bertz CT molecular complexity index is 759. The van der Waals surface area contributed by atoms with Crippen LogP contribution in [0.4, 0.5) is 0 Å². The molecule has 2 rings (SSSR count). The van der Waals surface area contributed by atoms with E-state index in [1.54, 1.807) is 38.1 Å². The van der Waals surface area contributed by atoms with Crippen molar-refractivity contribution < 1.29 is 4.79 Å². The van der Waals surface area contributed by atoms with Crippen molar-refractivity contribution in [3.63, 3.8) is 0 Å². The number of aromatic nitrogens is 1. The highest BCUT2D eigenvalue weighted by atomic mass is 127. The Hall–Kier alpha value is -1.52. The normalized spacial score (nSPS) is 10.8. The Morgan fingerprint density at radius 1 is 1.14 bits per heavy atom. The van der Waals surface area contributed by atoms with Gasteiger partial charge in [-0.15, -0.1) is 35.7 Å². The van der Waals surface area contributed by atoms with E-state index in [9.17, 15) is 4.79 Å². The molecule has 1 aromatic heterocycles. The zero-order valence-electron chi connectivity index (χ0n) is 16.6. The summed E-state index contributed by atoms with van der Waals surface area (Å²) in [6.45, 7) is 1.53. The van der Waals surface area contributed by atoms with Crippen LogP contribution in [-0.2, 0) is 11.2 Å². The molecule has 2 aromatic rings. The quantitative estimate of drug-likeness (QED) is 0.126. The summed E-state index contributed by atoms with van der Waals surface area (Å²) in [4.78, 5) is 23.1. The van der Waals surface area contributed by atoms with E-state index in [0.717, 1.165) is 24.3 Å². The van der Waals surface area contributed by atoms with E-state index in [-0.39, 0.29) is 36.4 Å². The van der Waals surface area contributed by atoms with Crippen molar-refractivity contribution in [3.8, 4) is 0 Å². The topological polar surface area (TPSA) is 69.6 Å². The third-order valence-electron chi connectivity index (χ3n) is 3.77. The van der Waals surface area contributed by atoms with Crippen LogP contribution in [0.2, 0.25) is 5.15 Å². The smallest absolute Gasteiger partial charge is 0.243 e. The van der Waals surface area contributed by atoms with Crippen LogP contribution < -0.4 is 10.6 Å². The van der Waals surface area contributed by atoms with Crippen LogP contribution >= 0.6 is 47.3 Å². The van der Waals surface area contributed by atoms with E-state index in [1.807, 2.05) is 24.3 Å². The molecule has 0 aliphatic heterocycles. The van der Waals surface area contributed by atoms with Gasteiger partial charge in [-0.05, 0) is 30.2 Å². The molecule has 9 heteroatoms. The van der Waals surface area contributed by atoms with Crippen LogP contribution in [0.1, 0.15) is 5.56 Å². The van der Waals surface area contributed by atoms with Gasteiger partial charge in [0.1, 0.15) is 11.7 Å². The number of hydrogen-bond acceptors (Lipinski definition) is 4. The second kappa shape index (κ2) is 14.5. The molecule has 1 aromatic carbocycles. The first-order chi connectivity index (χ1) is 13.5. The molecule has 0 spiro atoms. The van der Waals surface area contributed by atoms with E-state index in [4.69, 9.17) is 11.6 Å². The summed E-state index contributed by atoms with van der Waals surface area (Å²) in [7, 11) is 3.45.